The third-order valence-electron chi connectivity index (χ3n) is 3.16. The van der Waals surface area contributed by atoms with Crippen LogP contribution in [0.1, 0.15) is 54.4 Å². The van der Waals surface area contributed by atoms with Crippen LogP contribution in [0.25, 0.3) is 0 Å². The molecule has 0 aromatic rings. The molecule has 0 aromatic carbocycles. The Bertz CT molecular complexity index is 209. The van der Waals surface area contributed by atoms with E-state index < -0.39 is 0 Å². The van der Waals surface area contributed by atoms with Crippen molar-refractivity contribution in [1.82, 2.24) is 0 Å². The van der Waals surface area contributed by atoms with Crippen molar-refractivity contribution in [2.45, 2.75) is 54.4 Å². The zero-order valence-electron chi connectivity index (χ0n) is 10.7. The minimum absolute atomic E-state index is 0.448. The lowest BCUT2D eigenvalue weighted by Gasteiger charge is -2.28. The summed E-state index contributed by atoms with van der Waals surface area (Å²) in [5.74, 6) is 1.61. The summed E-state index contributed by atoms with van der Waals surface area (Å²) in [5, 5.41) is 0. The second-order valence-electron chi connectivity index (χ2n) is 7.12. The van der Waals surface area contributed by atoms with E-state index in [2.05, 4.69) is 53.7 Å². The number of hydrogen-bond donors (Lipinski definition) is 0. The van der Waals surface area contributed by atoms with Gasteiger partial charge in [-0.15, -0.1) is 0 Å². The first-order chi connectivity index (χ1) is 6.18. The van der Waals surface area contributed by atoms with Crippen molar-refractivity contribution >= 4 is 0 Å². The van der Waals surface area contributed by atoms with Crippen LogP contribution in [0.2, 0.25) is 0 Å². The van der Waals surface area contributed by atoms with Gasteiger partial charge in [-0.25, -0.2) is 0 Å². The Morgan fingerprint density at radius 3 is 1.93 bits per heavy atom. The summed E-state index contributed by atoms with van der Waals surface area (Å²) in [4.78, 5) is 0. The van der Waals surface area contributed by atoms with E-state index >= 15 is 0 Å². The Morgan fingerprint density at radius 2 is 1.57 bits per heavy atom. The quantitative estimate of drug-likeness (QED) is 0.532. The molecule has 0 saturated carbocycles. The molecule has 1 aliphatic carbocycles. The van der Waals surface area contributed by atoms with Crippen molar-refractivity contribution in [3.05, 3.63) is 12.2 Å². The molecule has 2 unspecified atom stereocenters. The van der Waals surface area contributed by atoms with Gasteiger partial charge in [0, 0.05) is 0 Å². The van der Waals surface area contributed by atoms with Crippen molar-refractivity contribution < 1.29 is 0 Å². The molecule has 0 heteroatoms. The maximum Gasteiger partial charge on any atom is -0.0179 e. The summed E-state index contributed by atoms with van der Waals surface area (Å²) < 4.78 is 0. The van der Waals surface area contributed by atoms with Crippen LogP contribution in [-0.2, 0) is 0 Å². The van der Waals surface area contributed by atoms with Crippen LogP contribution in [0.4, 0.5) is 0 Å². The standard InChI is InChI=1S/C14H26/c1-13(2,3)10-11-7-8-12(9-11)14(4,5)6/h7-8,11-12H,9-10H2,1-6H3. The molecule has 0 spiro atoms. The minimum Gasteiger partial charge on any atom is -0.0851 e. The monoisotopic (exact) mass is 194 g/mol. The number of allylic oxidation sites excluding steroid dienone is 2. The van der Waals surface area contributed by atoms with Gasteiger partial charge in [-0.2, -0.15) is 0 Å². The van der Waals surface area contributed by atoms with Gasteiger partial charge < -0.3 is 0 Å². The van der Waals surface area contributed by atoms with Crippen LogP contribution in [0.15, 0.2) is 12.2 Å². The van der Waals surface area contributed by atoms with Crippen LogP contribution in [0.3, 0.4) is 0 Å². The highest BCUT2D eigenvalue weighted by molar-refractivity contribution is 5.05. The lowest BCUT2D eigenvalue weighted by atomic mass is 9.77. The highest BCUT2D eigenvalue weighted by Crippen LogP contribution is 2.41. The molecule has 0 nitrogen and oxygen atoms in total. The molecule has 0 heterocycles. The summed E-state index contributed by atoms with van der Waals surface area (Å²) in [6.07, 6.45) is 7.58. The maximum absolute atomic E-state index is 2.45. The van der Waals surface area contributed by atoms with Crippen molar-refractivity contribution in [1.29, 1.82) is 0 Å². The average Bonchev–Trinajstić information content (AvgIpc) is 2.29. The zero-order valence-corrected chi connectivity index (χ0v) is 10.7. The van der Waals surface area contributed by atoms with E-state index in [4.69, 9.17) is 0 Å². The third-order valence-corrected chi connectivity index (χ3v) is 3.16. The van der Waals surface area contributed by atoms with E-state index in [1.165, 1.54) is 12.8 Å². The molecule has 0 fully saturated rings. The fourth-order valence-electron chi connectivity index (χ4n) is 2.35. The lowest BCUT2D eigenvalue weighted by Crippen LogP contribution is -2.19. The van der Waals surface area contributed by atoms with E-state index in [0.29, 0.717) is 10.8 Å². The second kappa shape index (κ2) is 3.72. The summed E-state index contributed by atoms with van der Waals surface area (Å²) >= 11 is 0. The van der Waals surface area contributed by atoms with Gasteiger partial charge in [-0.05, 0) is 35.5 Å². The topological polar surface area (TPSA) is 0 Å². The van der Waals surface area contributed by atoms with Gasteiger partial charge in [-0.1, -0.05) is 53.7 Å². The number of hydrogen-bond acceptors (Lipinski definition) is 0. The first kappa shape index (κ1) is 11.8. The van der Waals surface area contributed by atoms with Gasteiger partial charge in [0.25, 0.3) is 0 Å². The summed E-state index contributed by atoms with van der Waals surface area (Å²) in [5.41, 5.74) is 0.922. The van der Waals surface area contributed by atoms with Crippen LogP contribution in [0.5, 0.6) is 0 Å². The molecular formula is C14H26. The molecule has 0 saturated heterocycles. The van der Waals surface area contributed by atoms with Crippen LogP contribution < -0.4 is 0 Å². The summed E-state index contributed by atoms with van der Waals surface area (Å²) in [7, 11) is 0. The van der Waals surface area contributed by atoms with Crippen LogP contribution >= 0.6 is 0 Å². The van der Waals surface area contributed by atoms with Crippen LogP contribution in [0, 0.1) is 22.7 Å². The first-order valence-corrected chi connectivity index (χ1v) is 5.87. The van der Waals surface area contributed by atoms with Gasteiger partial charge >= 0.3 is 0 Å². The Morgan fingerprint density at radius 1 is 1.00 bits per heavy atom. The summed E-state index contributed by atoms with van der Waals surface area (Å²) in [6.45, 7) is 14.1. The normalized spacial score (nSPS) is 28.4. The lowest BCUT2D eigenvalue weighted by molar-refractivity contribution is 0.244. The molecule has 0 aromatic heterocycles. The fourth-order valence-corrected chi connectivity index (χ4v) is 2.35. The Hall–Kier alpha value is -0.260. The highest BCUT2D eigenvalue weighted by atomic mass is 14.3. The Labute approximate surface area is 89.8 Å². The molecule has 82 valence electrons. The molecule has 14 heavy (non-hydrogen) atoms. The third kappa shape index (κ3) is 3.48. The molecule has 2 atom stereocenters. The van der Waals surface area contributed by atoms with Crippen molar-refractivity contribution in [2.24, 2.45) is 22.7 Å². The predicted octanol–water partition coefficient (Wildman–Crippen LogP) is 4.66. The molecule has 0 amide bonds. The molecule has 0 N–H and O–H groups in total. The fraction of sp³-hybridized carbons (Fsp3) is 0.857. The average molecular weight is 194 g/mol. The largest absolute Gasteiger partial charge is 0.0851 e. The van der Waals surface area contributed by atoms with Gasteiger partial charge in [0.15, 0.2) is 0 Å². The molecule has 1 aliphatic rings. The molecular weight excluding hydrogens is 168 g/mol. The van der Waals surface area contributed by atoms with E-state index in [9.17, 15) is 0 Å². The van der Waals surface area contributed by atoms with Crippen molar-refractivity contribution in [2.75, 3.05) is 0 Å². The molecule has 0 radical (unpaired) electrons. The van der Waals surface area contributed by atoms with Gasteiger partial charge in [0.1, 0.15) is 0 Å². The first-order valence-electron chi connectivity index (χ1n) is 5.87. The second-order valence-corrected chi connectivity index (χ2v) is 7.12. The smallest absolute Gasteiger partial charge is 0.0179 e. The molecule has 0 aliphatic heterocycles. The SMILES string of the molecule is CC(C)(C)CC1C=CC(C(C)(C)C)C1. The van der Waals surface area contributed by atoms with E-state index in [1.54, 1.807) is 0 Å². The van der Waals surface area contributed by atoms with Gasteiger partial charge in [0.2, 0.25) is 0 Å². The van der Waals surface area contributed by atoms with E-state index in [-0.39, 0.29) is 0 Å². The van der Waals surface area contributed by atoms with Crippen molar-refractivity contribution in [3.63, 3.8) is 0 Å². The van der Waals surface area contributed by atoms with E-state index in [1.807, 2.05) is 0 Å². The minimum atomic E-state index is 0.448. The molecule has 0 bridgehead atoms. The van der Waals surface area contributed by atoms with Crippen molar-refractivity contribution in [3.8, 4) is 0 Å². The predicted molar refractivity (Wildman–Crippen MR) is 64.3 cm³/mol. The summed E-state index contributed by atoms with van der Waals surface area (Å²) in [6, 6.07) is 0. The van der Waals surface area contributed by atoms with Gasteiger partial charge in [0.05, 0.1) is 0 Å². The number of rotatable bonds is 1. The Balaban J connectivity index is 2.48. The van der Waals surface area contributed by atoms with E-state index in [0.717, 1.165) is 11.8 Å². The zero-order chi connectivity index (χ0) is 11.0. The van der Waals surface area contributed by atoms with Gasteiger partial charge in [-0.3, -0.25) is 0 Å². The Kier molecular flexibility index (Phi) is 3.13. The maximum atomic E-state index is 2.45. The highest BCUT2D eigenvalue weighted by Gasteiger charge is 2.30. The van der Waals surface area contributed by atoms with Crippen LogP contribution in [-0.4, -0.2) is 0 Å². The molecule has 1 rings (SSSR count).